The molecule has 1 N–H and O–H groups in total. The molecule has 3 heteroatoms. The summed E-state index contributed by atoms with van der Waals surface area (Å²) >= 11 is 0. The summed E-state index contributed by atoms with van der Waals surface area (Å²) in [5, 5.41) is 10.5. The third-order valence-corrected chi connectivity index (χ3v) is 3.47. The smallest absolute Gasteiger partial charge is 0.309 e. The molecule has 0 radical (unpaired) electrons. The number of carbonyl (C=O) groups excluding carboxylic acids is 1. The average molecular weight is 238 g/mol. The maximum absolute atomic E-state index is 11.5. The van der Waals surface area contributed by atoms with E-state index < -0.39 is 5.60 Å². The lowest BCUT2D eigenvalue weighted by Gasteiger charge is -2.36. The van der Waals surface area contributed by atoms with Crippen LogP contribution in [0.4, 0.5) is 0 Å². The number of carbonyl (C=O) groups is 1. The van der Waals surface area contributed by atoms with Crippen LogP contribution in [0.5, 0.6) is 0 Å². The standard InChI is InChI=1S/C14H22O3/c1-5-17-13(15)9-14(16)8-12(10(2)3)7-6-11(14)4/h6,12,16H,2,5,7-9H2,1,3-4H3/t12-,14+/m1/s1. The molecule has 0 heterocycles. The quantitative estimate of drug-likeness (QED) is 0.605. The van der Waals surface area contributed by atoms with E-state index in [-0.39, 0.29) is 18.3 Å². The van der Waals surface area contributed by atoms with E-state index in [1.54, 1.807) is 6.92 Å². The highest BCUT2D eigenvalue weighted by atomic mass is 16.5. The van der Waals surface area contributed by atoms with Crippen LogP contribution in [-0.2, 0) is 9.53 Å². The number of rotatable bonds is 4. The van der Waals surface area contributed by atoms with Crippen molar-refractivity contribution in [1.29, 1.82) is 0 Å². The van der Waals surface area contributed by atoms with Crippen molar-refractivity contribution in [3.63, 3.8) is 0 Å². The lowest BCUT2D eigenvalue weighted by atomic mass is 9.74. The van der Waals surface area contributed by atoms with Gasteiger partial charge in [-0.2, -0.15) is 0 Å². The lowest BCUT2D eigenvalue weighted by Crippen LogP contribution is -2.38. The van der Waals surface area contributed by atoms with E-state index in [1.807, 2.05) is 19.9 Å². The zero-order valence-electron chi connectivity index (χ0n) is 11.0. The van der Waals surface area contributed by atoms with Crippen molar-refractivity contribution in [3.8, 4) is 0 Å². The molecule has 0 spiro atoms. The van der Waals surface area contributed by atoms with Crippen LogP contribution in [0.1, 0.15) is 40.0 Å². The molecule has 1 aliphatic rings. The lowest BCUT2D eigenvalue weighted by molar-refractivity contribution is -0.148. The van der Waals surface area contributed by atoms with Gasteiger partial charge >= 0.3 is 5.97 Å². The monoisotopic (exact) mass is 238 g/mol. The highest BCUT2D eigenvalue weighted by Crippen LogP contribution is 2.38. The summed E-state index contributed by atoms with van der Waals surface area (Å²) in [6, 6.07) is 0. The third-order valence-electron chi connectivity index (χ3n) is 3.47. The first-order valence-electron chi connectivity index (χ1n) is 6.09. The van der Waals surface area contributed by atoms with Gasteiger partial charge in [-0.3, -0.25) is 4.79 Å². The molecule has 17 heavy (non-hydrogen) atoms. The van der Waals surface area contributed by atoms with E-state index >= 15 is 0 Å². The zero-order chi connectivity index (χ0) is 13.1. The summed E-state index contributed by atoms with van der Waals surface area (Å²) < 4.78 is 4.91. The summed E-state index contributed by atoms with van der Waals surface area (Å²) in [5.74, 6) is -0.0942. The van der Waals surface area contributed by atoms with Crippen LogP contribution in [-0.4, -0.2) is 23.3 Å². The van der Waals surface area contributed by atoms with Crippen molar-refractivity contribution in [2.45, 2.75) is 45.6 Å². The Bertz CT molecular complexity index is 343. The third kappa shape index (κ3) is 3.43. The number of esters is 1. The molecule has 96 valence electrons. The Morgan fingerprint density at radius 2 is 2.35 bits per heavy atom. The Kier molecular flexibility index (Phi) is 4.52. The van der Waals surface area contributed by atoms with Crippen LogP contribution in [0, 0.1) is 5.92 Å². The normalized spacial score (nSPS) is 28.5. The summed E-state index contributed by atoms with van der Waals surface area (Å²) in [7, 11) is 0. The largest absolute Gasteiger partial charge is 0.466 e. The van der Waals surface area contributed by atoms with Crippen LogP contribution >= 0.6 is 0 Å². The van der Waals surface area contributed by atoms with Gasteiger partial charge in [0.1, 0.15) is 0 Å². The van der Waals surface area contributed by atoms with E-state index in [0.717, 1.165) is 17.6 Å². The van der Waals surface area contributed by atoms with E-state index in [1.165, 1.54) is 0 Å². The molecule has 0 aromatic heterocycles. The molecular weight excluding hydrogens is 216 g/mol. The predicted molar refractivity (Wildman–Crippen MR) is 67.5 cm³/mol. The number of allylic oxidation sites excluding steroid dienone is 2. The van der Waals surface area contributed by atoms with Gasteiger partial charge in [-0.1, -0.05) is 18.2 Å². The average Bonchev–Trinajstić information content (AvgIpc) is 2.22. The SMILES string of the molecule is C=C(C)[C@@H]1CC=C(C)[C@@](O)(CC(=O)OCC)C1. The Balaban J connectivity index is 2.78. The molecule has 1 rings (SSSR count). The van der Waals surface area contributed by atoms with Gasteiger partial charge in [-0.15, -0.1) is 0 Å². The Labute approximate surface area is 103 Å². The summed E-state index contributed by atoms with van der Waals surface area (Å²) in [4.78, 5) is 11.5. The molecule has 0 aromatic carbocycles. The topological polar surface area (TPSA) is 46.5 Å². The molecule has 0 bridgehead atoms. The first kappa shape index (κ1) is 14.0. The van der Waals surface area contributed by atoms with E-state index in [4.69, 9.17) is 4.74 Å². The van der Waals surface area contributed by atoms with Crippen LogP contribution < -0.4 is 0 Å². The highest BCUT2D eigenvalue weighted by molar-refractivity contribution is 5.71. The summed E-state index contributed by atoms with van der Waals surface area (Å²) in [6.07, 6.45) is 3.49. The number of aliphatic hydroxyl groups is 1. The Hall–Kier alpha value is -1.09. The van der Waals surface area contributed by atoms with Gasteiger partial charge in [0.15, 0.2) is 0 Å². The molecular formula is C14H22O3. The van der Waals surface area contributed by atoms with Crippen molar-refractivity contribution in [1.82, 2.24) is 0 Å². The molecule has 0 amide bonds. The molecule has 1 aliphatic carbocycles. The van der Waals surface area contributed by atoms with E-state index in [2.05, 4.69) is 6.58 Å². The molecule has 0 saturated heterocycles. The van der Waals surface area contributed by atoms with Crippen LogP contribution in [0.2, 0.25) is 0 Å². The van der Waals surface area contributed by atoms with Crippen molar-refractivity contribution < 1.29 is 14.6 Å². The Morgan fingerprint density at radius 1 is 1.71 bits per heavy atom. The molecule has 3 nitrogen and oxygen atoms in total. The van der Waals surface area contributed by atoms with E-state index in [0.29, 0.717) is 13.0 Å². The maximum Gasteiger partial charge on any atom is 0.309 e. The molecule has 0 aliphatic heterocycles. The minimum absolute atomic E-state index is 0.0347. The predicted octanol–water partition coefficient (Wildman–Crippen LogP) is 2.60. The van der Waals surface area contributed by atoms with Gasteiger partial charge in [0, 0.05) is 0 Å². The molecule has 0 aromatic rings. The minimum atomic E-state index is -1.06. The fraction of sp³-hybridized carbons (Fsp3) is 0.643. The van der Waals surface area contributed by atoms with Gasteiger partial charge in [-0.25, -0.2) is 0 Å². The zero-order valence-corrected chi connectivity index (χ0v) is 11.0. The molecule has 0 fully saturated rings. The van der Waals surface area contributed by atoms with Crippen LogP contribution in [0.25, 0.3) is 0 Å². The summed E-state index contributed by atoms with van der Waals surface area (Å²) in [5.41, 5.74) is 0.854. The van der Waals surface area contributed by atoms with Crippen molar-refractivity contribution >= 4 is 5.97 Å². The fourth-order valence-corrected chi connectivity index (χ4v) is 2.20. The Morgan fingerprint density at radius 3 is 2.88 bits per heavy atom. The van der Waals surface area contributed by atoms with Gasteiger partial charge in [0.25, 0.3) is 0 Å². The maximum atomic E-state index is 11.5. The number of ether oxygens (including phenoxy) is 1. The summed E-state index contributed by atoms with van der Waals surface area (Å²) in [6.45, 7) is 9.87. The minimum Gasteiger partial charge on any atom is -0.466 e. The van der Waals surface area contributed by atoms with Gasteiger partial charge < -0.3 is 9.84 Å². The van der Waals surface area contributed by atoms with Crippen LogP contribution in [0.15, 0.2) is 23.8 Å². The van der Waals surface area contributed by atoms with E-state index in [9.17, 15) is 9.90 Å². The van der Waals surface area contributed by atoms with Crippen molar-refractivity contribution in [2.24, 2.45) is 5.92 Å². The highest BCUT2D eigenvalue weighted by Gasteiger charge is 2.37. The van der Waals surface area contributed by atoms with Crippen molar-refractivity contribution in [2.75, 3.05) is 6.61 Å². The van der Waals surface area contributed by atoms with Gasteiger partial charge in [0.05, 0.1) is 18.6 Å². The first-order valence-corrected chi connectivity index (χ1v) is 6.09. The van der Waals surface area contributed by atoms with Gasteiger partial charge in [0.2, 0.25) is 0 Å². The molecule has 0 saturated carbocycles. The van der Waals surface area contributed by atoms with Crippen molar-refractivity contribution in [3.05, 3.63) is 23.8 Å². The fourth-order valence-electron chi connectivity index (χ4n) is 2.20. The van der Waals surface area contributed by atoms with Crippen LogP contribution in [0.3, 0.4) is 0 Å². The second kappa shape index (κ2) is 5.50. The second-order valence-corrected chi connectivity index (χ2v) is 4.88. The first-order chi connectivity index (χ1) is 7.89. The number of hydrogen-bond donors (Lipinski definition) is 1. The second-order valence-electron chi connectivity index (χ2n) is 4.88. The molecule has 0 unspecified atom stereocenters. The number of hydrogen-bond acceptors (Lipinski definition) is 3. The van der Waals surface area contributed by atoms with Gasteiger partial charge in [-0.05, 0) is 45.1 Å². The molecule has 2 atom stereocenters.